The summed E-state index contributed by atoms with van der Waals surface area (Å²) in [6, 6.07) is 3.50. The van der Waals surface area contributed by atoms with E-state index in [1.54, 1.807) is 18.4 Å². The number of hydrogen-bond donors (Lipinski definition) is 2. The van der Waals surface area contributed by atoms with Crippen molar-refractivity contribution >= 4 is 33.0 Å². The highest BCUT2D eigenvalue weighted by atomic mass is 35.5. The normalized spacial score (nSPS) is 13.3. The number of sulfonamides is 1. The highest BCUT2D eigenvalue weighted by Crippen LogP contribution is 2.26. The molecule has 0 amide bonds. The minimum absolute atomic E-state index is 0.0454. The summed E-state index contributed by atoms with van der Waals surface area (Å²) in [5, 5.41) is 12.7. The van der Waals surface area contributed by atoms with Crippen LogP contribution in [-0.2, 0) is 16.6 Å². The second kappa shape index (κ2) is 6.41. The van der Waals surface area contributed by atoms with Gasteiger partial charge in [-0.25, -0.2) is 17.5 Å². The van der Waals surface area contributed by atoms with E-state index >= 15 is 0 Å². The van der Waals surface area contributed by atoms with Crippen LogP contribution in [0.1, 0.15) is 24.1 Å². The summed E-state index contributed by atoms with van der Waals surface area (Å²) in [7, 11) is -4.09. The van der Waals surface area contributed by atoms with Gasteiger partial charge in [0.1, 0.15) is 10.7 Å². The molecule has 0 saturated carbocycles. The first-order valence-electron chi connectivity index (χ1n) is 5.98. The van der Waals surface area contributed by atoms with Gasteiger partial charge in [-0.15, -0.1) is 0 Å². The first kappa shape index (κ1) is 16.4. The van der Waals surface area contributed by atoms with Gasteiger partial charge in [0.05, 0.1) is 6.61 Å². The molecule has 114 valence electrons. The SMILES string of the molecule is CC(NS(=O)(=O)c1cc(Cl)cc(CO)c1F)c1ccsc1. The molecule has 0 radical (unpaired) electrons. The van der Waals surface area contributed by atoms with E-state index in [0.717, 1.165) is 11.6 Å². The molecule has 0 bridgehead atoms. The fourth-order valence-corrected chi connectivity index (χ4v) is 4.25. The van der Waals surface area contributed by atoms with Crippen molar-refractivity contribution in [3.05, 3.63) is 50.9 Å². The summed E-state index contributed by atoms with van der Waals surface area (Å²) < 4.78 is 41.1. The molecule has 1 aromatic heterocycles. The lowest BCUT2D eigenvalue weighted by Crippen LogP contribution is -2.27. The molecule has 4 nitrogen and oxygen atoms in total. The van der Waals surface area contributed by atoms with Gasteiger partial charge in [0.2, 0.25) is 10.0 Å². The van der Waals surface area contributed by atoms with Crippen molar-refractivity contribution in [1.29, 1.82) is 0 Å². The Morgan fingerprint density at radius 1 is 1.48 bits per heavy atom. The van der Waals surface area contributed by atoms with Crippen molar-refractivity contribution in [2.24, 2.45) is 0 Å². The second-order valence-corrected chi connectivity index (χ2v) is 7.33. The van der Waals surface area contributed by atoms with Gasteiger partial charge in [-0.05, 0) is 41.4 Å². The highest BCUT2D eigenvalue weighted by molar-refractivity contribution is 7.89. The molecule has 1 unspecified atom stereocenters. The Labute approximate surface area is 131 Å². The van der Waals surface area contributed by atoms with Crippen LogP contribution in [0.25, 0.3) is 0 Å². The lowest BCUT2D eigenvalue weighted by Gasteiger charge is -2.15. The third-order valence-electron chi connectivity index (χ3n) is 2.91. The quantitative estimate of drug-likeness (QED) is 0.871. The molecule has 1 heterocycles. The summed E-state index contributed by atoms with van der Waals surface area (Å²) >= 11 is 7.21. The molecule has 1 aromatic carbocycles. The third-order valence-corrected chi connectivity index (χ3v) is 5.37. The fraction of sp³-hybridized carbons (Fsp3) is 0.231. The van der Waals surface area contributed by atoms with E-state index in [4.69, 9.17) is 16.7 Å². The molecule has 0 aliphatic rings. The highest BCUT2D eigenvalue weighted by Gasteiger charge is 2.24. The van der Waals surface area contributed by atoms with Crippen molar-refractivity contribution in [2.75, 3.05) is 0 Å². The largest absolute Gasteiger partial charge is 0.392 e. The maximum atomic E-state index is 14.1. The topological polar surface area (TPSA) is 66.4 Å². The molecule has 2 aromatic rings. The van der Waals surface area contributed by atoms with Crippen LogP contribution >= 0.6 is 22.9 Å². The van der Waals surface area contributed by atoms with Crippen LogP contribution in [0.3, 0.4) is 0 Å². The molecule has 0 aliphatic carbocycles. The maximum Gasteiger partial charge on any atom is 0.244 e. The van der Waals surface area contributed by atoms with E-state index in [1.807, 2.05) is 5.38 Å². The number of hydrogen-bond acceptors (Lipinski definition) is 4. The summed E-state index contributed by atoms with van der Waals surface area (Å²) in [4.78, 5) is -0.568. The zero-order chi connectivity index (χ0) is 15.6. The Morgan fingerprint density at radius 3 is 2.76 bits per heavy atom. The number of aliphatic hydroxyl groups excluding tert-OH is 1. The minimum Gasteiger partial charge on any atom is -0.392 e. The lowest BCUT2D eigenvalue weighted by molar-refractivity contribution is 0.274. The van der Waals surface area contributed by atoms with Crippen molar-refractivity contribution < 1.29 is 17.9 Å². The smallest absolute Gasteiger partial charge is 0.244 e. The van der Waals surface area contributed by atoms with Crippen molar-refractivity contribution in [3.8, 4) is 0 Å². The molecule has 8 heteroatoms. The van der Waals surface area contributed by atoms with Crippen LogP contribution in [0, 0.1) is 5.82 Å². The van der Waals surface area contributed by atoms with Crippen LogP contribution in [0.4, 0.5) is 4.39 Å². The van der Waals surface area contributed by atoms with Crippen molar-refractivity contribution in [3.63, 3.8) is 0 Å². The van der Waals surface area contributed by atoms with Crippen LogP contribution in [0.15, 0.2) is 33.9 Å². The minimum atomic E-state index is -4.09. The van der Waals surface area contributed by atoms with Gasteiger partial charge in [-0.2, -0.15) is 11.3 Å². The first-order valence-corrected chi connectivity index (χ1v) is 8.78. The molecule has 1 atom stereocenters. The Morgan fingerprint density at radius 2 is 2.19 bits per heavy atom. The summed E-state index contributed by atoms with van der Waals surface area (Å²) in [6.07, 6.45) is 0. The fourth-order valence-electron chi connectivity index (χ4n) is 1.81. The summed E-state index contributed by atoms with van der Waals surface area (Å²) in [5.41, 5.74) is 0.624. The molecule has 0 saturated heterocycles. The Bertz CT molecular complexity index is 732. The number of aliphatic hydroxyl groups is 1. The van der Waals surface area contributed by atoms with Gasteiger partial charge in [0, 0.05) is 16.6 Å². The molecule has 0 fully saturated rings. The van der Waals surface area contributed by atoms with Crippen molar-refractivity contribution in [1.82, 2.24) is 4.72 Å². The summed E-state index contributed by atoms with van der Waals surface area (Å²) in [5.74, 6) is -0.994. The molecular weight excluding hydrogens is 337 g/mol. The van der Waals surface area contributed by atoms with Gasteiger partial charge in [0.25, 0.3) is 0 Å². The first-order chi connectivity index (χ1) is 9.85. The molecule has 0 spiro atoms. The third kappa shape index (κ3) is 3.61. The van der Waals surface area contributed by atoms with Crippen LogP contribution in [-0.4, -0.2) is 13.5 Å². The number of rotatable bonds is 5. The van der Waals surface area contributed by atoms with E-state index in [1.165, 1.54) is 17.4 Å². The average Bonchev–Trinajstić information content (AvgIpc) is 2.94. The molecule has 2 N–H and O–H groups in total. The van der Waals surface area contributed by atoms with E-state index in [9.17, 15) is 12.8 Å². The predicted octanol–water partition coefficient (Wildman–Crippen LogP) is 3.07. The van der Waals surface area contributed by atoms with Crippen LogP contribution in [0.2, 0.25) is 5.02 Å². The number of thiophene rings is 1. The Hall–Kier alpha value is -0.990. The van der Waals surface area contributed by atoms with Crippen molar-refractivity contribution in [2.45, 2.75) is 24.5 Å². The molecule has 21 heavy (non-hydrogen) atoms. The standard InChI is InChI=1S/C13H13ClFNO3S2/c1-8(9-2-3-20-7-9)16-21(18,19)12-5-11(14)4-10(6-17)13(12)15/h2-5,7-8,16-17H,6H2,1H3. The lowest BCUT2D eigenvalue weighted by atomic mass is 10.2. The van der Waals surface area contributed by atoms with Gasteiger partial charge in [-0.1, -0.05) is 11.6 Å². The average molecular weight is 350 g/mol. The Balaban J connectivity index is 2.38. The van der Waals surface area contributed by atoms with Crippen LogP contribution in [0.5, 0.6) is 0 Å². The van der Waals surface area contributed by atoms with E-state index in [-0.39, 0.29) is 10.6 Å². The van der Waals surface area contributed by atoms with E-state index < -0.39 is 33.4 Å². The van der Waals surface area contributed by atoms with Gasteiger partial charge >= 0.3 is 0 Å². The van der Waals surface area contributed by atoms with Gasteiger partial charge < -0.3 is 5.11 Å². The second-order valence-electron chi connectivity index (χ2n) is 4.43. The number of benzene rings is 1. The van der Waals surface area contributed by atoms with Gasteiger partial charge in [-0.3, -0.25) is 0 Å². The summed E-state index contributed by atoms with van der Waals surface area (Å²) in [6.45, 7) is 1.03. The van der Waals surface area contributed by atoms with E-state index in [0.29, 0.717) is 0 Å². The number of nitrogens with one attached hydrogen (secondary N) is 1. The van der Waals surface area contributed by atoms with E-state index in [2.05, 4.69) is 4.72 Å². The predicted molar refractivity (Wildman–Crippen MR) is 80.4 cm³/mol. The maximum absolute atomic E-state index is 14.1. The Kier molecular flexibility index (Phi) is 5.00. The zero-order valence-corrected chi connectivity index (χ0v) is 13.4. The molecule has 2 rings (SSSR count). The van der Waals surface area contributed by atoms with Crippen LogP contribution < -0.4 is 4.72 Å². The number of halogens is 2. The molecule has 0 aliphatic heterocycles. The van der Waals surface area contributed by atoms with Gasteiger partial charge in [0.15, 0.2) is 0 Å². The monoisotopic (exact) mass is 349 g/mol. The molecular formula is C13H13ClFNO3S2. The zero-order valence-electron chi connectivity index (χ0n) is 11.0.